The number of allylic oxidation sites excluding steroid dienone is 3. The maximum atomic E-state index is 9.83. The van der Waals surface area contributed by atoms with Gasteiger partial charge in [-0.05, 0) is 36.5 Å². The van der Waals surface area contributed by atoms with Crippen molar-refractivity contribution in [2.75, 3.05) is 0 Å². The molecular weight excluding hydrogens is 223 g/mol. The molecule has 0 fully saturated rings. The van der Waals surface area contributed by atoms with Gasteiger partial charge in [-0.25, -0.2) is 0 Å². The molecule has 0 atom stereocenters. The van der Waals surface area contributed by atoms with Crippen LogP contribution in [0.25, 0.3) is 0 Å². The van der Waals surface area contributed by atoms with Crippen molar-refractivity contribution < 1.29 is 5.11 Å². The van der Waals surface area contributed by atoms with Crippen LogP contribution in [0.5, 0.6) is 5.75 Å². The lowest BCUT2D eigenvalue weighted by atomic mass is 9.93. The monoisotopic (exact) mass is 241 g/mol. The minimum Gasteiger partial charge on any atom is -0.508 e. The van der Waals surface area contributed by atoms with Crippen molar-refractivity contribution in [3.63, 3.8) is 0 Å². The first-order valence-corrected chi connectivity index (χ1v) is 5.39. The van der Waals surface area contributed by atoms with Crippen molar-refractivity contribution >= 4 is 17.4 Å². The van der Waals surface area contributed by atoms with E-state index in [1.165, 1.54) is 5.56 Å². The third-order valence-electron chi connectivity index (χ3n) is 2.56. The molecule has 0 heterocycles. The lowest BCUT2D eigenvalue weighted by molar-refractivity contribution is 0.468. The van der Waals surface area contributed by atoms with Gasteiger partial charge >= 0.3 is 0 Å². The highest BCUT2D eigenvalue weighted by atomic mass is 27.0. The molecule has 0 aliphatic heterocycles. The van der Waals surface area contributed by atoms with Crippen LogP contribution in [-0.2, 0) is 19.3 Å². The van der Waals surface area contributed by atoms with Crippen molar-refractivity contribution in [2.24, 2.45) is 0 Å². The van der Waals surface area contributed by atoms with Gasteiger partial charge in [-0.2, -0.15) is 0 Å². The van der Waals surface area contributed by atoms with Crippen molar-refractivity contribution in [3.8, 4) is 5.75 Å². The standard InChI is InChI=1S/C15H18O.Al/c1-4-7-12-10-11-15(16)14(9-6-3)13(12)8-5-2;/h4-6,10-11,16H,1-3,7-9H2;. The summed E-state index contributed by atoms with van der Waals surface area (Å²) in [6.45, 7) is 11.2. The van der Waals surface area contributed by atoms with Gasteiger partial charge < -0.3 is 5.11 Å². The minimum atomic E-state index is 0. The molecule has 0 unspecified atom stereocenters. The Bertz CT molecular complexity index is 408. The Morgan fingerprint density at radius 1 is 0.882 bits per heavy atom. The first-order chi connectivity index (χ1) is 7.74. The average Bonchev–Trinajstić information content (AvgIpc) is 2.27. The molecule has 3 radical (unpaired) electrons. The first-order valence-electron chi connectivity index (χ1n) is 5.39. The van der Waals surface area contributed by atoms with Crippen LogP contribution in [0.15, 0.2) is 50.1 Å². The SMILES string of the molecule is C=CCc1ccc(O)c(CC=C)c1CC=C.[Al]. The van der Waals surface area contributed by atoms with Crippen molar-refractivity contribution in [2.45, 2.75) is 19.3 Å². The van der Waals surface area contributed by atoms with Crippen LogP contribution < -0.4 is 0 Å². The van der Waals surface area contributed by atoms with Gasteiger partial charge in [0.15, 0.2) is 0 Å². The first kappa shape index (κ1) is 15.8. The molecule has 17 heavy (non-hydrogen) atoms. The van der Waals surface area contributed by atoms with Crippen LogP contribution in [0.4, 0.5) is 0 Å². The zero-order chi connectivity index (χ0) is 12.0. The van der Waals surface area contributed by atoms with E-state index in [-0.39, 0.29) is 17.4 Å². The smallest absolute Gasteiger partial charge is 0.119 e. The van der Waals surface area contributed by atoms with Crippen LogP contribution in [0.2, 0.25) is 0 Å². The third-order valence-corrected chi connectivity index (χ3v) is 2.56. The Morgan fingerprint density at radius 2 is 1.41 bits per heavy atom. The zero-order valence-corrected chi connectivity index (χ0v) is 11.3. The molecule has 1 N–H and O–H groups in total. The molecule has 0 aliphatic rings. The lowest BCUT2D eigenvalue weighted by Gasteiger charge is -2.13. The van der Waals surface area contributed by atoms with Gasteiger partial charge in [-0.3, -0.25) is 0 Å². The fourth-order valence-electron chi connectivity index (χ4n) is 1.85. The van der Waals surface area contributed by atoms with Crippen LogP contribution in [0.1, 0.15) is 16.7 Å². The molecule has 0 amide bonds. The molecule has 0 saturated carbocycles. The number of rotatable bonds is 6. The normalized spacial score (nSPS) is 9.18. The molecule has 0 aromatic heterocycles. The highest BCUT2D eigenvalue weighted by Crippen LogP contribution is 2.26. The fourth-order valence-corrected chi connectivity index (χ4v) is 1.85. The average molecular weight is 241 g/mol. The fraction of sp³-hybridized carbons (Fsp3) is 0.200. The number of phenolic OH excluding ortho intramolecular Hbond substituents is 1. The number of aromatic hydroxyl groups is 1. The minimum absolute atomic E-state index is 0. The van der Waals surface area contributed by atoms with Gasteiger partial charge in [0.2, 0.25) is 0 Å². The Balaban J connectivity index is 0.00000256. The van der Waals surface area contributed by atoms with Crippen LogP contribution in [0.3, 0.4) is 0 Å². The molecule has 0 aliphatic carbocycles. The molecular formula is C15H18AlO. The van der Waals surface area contributed by atoms with Gasteiger partial charge in [0.25, 0.3) is 0 Å². The Morgan fingerprint density at radius 3 is 1.94 bits per heavy atom. The Hall–Kier alpha value is -1.23. The van der Waals surface area contributed by atoms with E-state index in [4.69, 9.17) is 0 Å². The van der Waals surface area contributed by atoms with E-state index in [1.807, 2.05) is 18.2 Å². The molecule has 0 bridgehead atoms. The van der Waals surface area contributed by atoms with E-state index >= 15 is 0 Å². The van der Waals surface area contributed by atoms with Crippen molar-refractivity contribution in [1.82, 2.24) is 0 Å². The topological polar surface area (TPSA) is 20.2 Å². The van der Waals surface area contributed by atoms with Crippen molar-refractivity contribution in [3.05, 3.63) is 66.8 Å². The third kappa shape index (κ3) is 3.93. The Labute approximate surface area is 114 Å². The van der Waals surface area contributed by atoms with Crippen LogP contribution >= 0.6 is 0 Å². The summed E-state index contributed by atoms with van der Waals surface area (Å²) in [7, 11) is 0. The van der Waals surface area contributed by atoms with Crippen molar-refractivity contribution in [1.29, 1.82) is 0 Å². The molecule has 1 aromatic carbocycles. The van der Waals surface area contributed by atoms with E-state index in [2.05, 4.69) is 19.7 Å². The van der Waals surface area contributed by atoms with E-state index in [1.54, 1.807) is 12.1 Å². The predicted octanol–water partition coefficient (Wildman–Crippen LogP) is 3.20. The summed E-state index contributed by atoms with van der Waals surface area (Å²) < 4.78 is 0. The summed E-state index contributed by atoms with van der Waals surface area (Å²) in [5.74, 6) is 0.338. The number of benzene rings is 1. The summed E-state index contributed by atoms with van der Waals surface area (Å²) in [6.07, 6.45) is 7.79. The van der Waals surface area contributed by atoms with Gasteiger partial charge in [0.1, 0.15) is 5.75 Å². The second-order valence-corrected chi connectivity index (χ2v) is 3.68. The Kier molecular flexibility index (Phi) is 7.38. The predicted molar refractivity (Wildman–Crippen MR) is 75.6 cm³/mol. The van der Waals surface area contributed by atoms with Gasteiger partial charge in [-0.15, -0.1) is 19.7 Å². The molecule has 87 valence electrons. The molecule has 1 rings (SSSR count). The van der Waals surface area contributed by atoms with E-state index in [9.17, 15) is 5.11 Å². The summed E-state index contributed by atoms with van der Waals surface area (Å²) in [4.78, 5) is 0. The molecule has 0 saturated heterocycles. The number of phenols is 1. The van der Waals surface area contributed by atoms with Crippen LogP contribution in [0, 0.1) is 0 Å². The molecule has 0 spiro atoms. The molecule has 2 heteroatoms. The second kappa shape index (κ2) is 7.95. The summed E-state index contributed by atoms with van der Waals surface area (Å²) in [6, 6.07) is 3.69. The van der Waals surface area contributed by atoms with E-state index in [0.717, 1.165) is 24.0 Å². The van der Waals surface area contributed by atoms with E-state index < -0.39 is 0 Å². The quantitative estimate of drug-likeness (QED) is 0.599. The second-order valence-electron chi connectivity index (χ2n) is 3.68. The largest absolute Gasteiger partial charge is 0.508 e. The van der Waals surface area contributed by atoms with Gasteiger partial charge in [-0.1, -0.05) is 24.3 Å². The maximum absolute atomic E-state index is 9.83. The number of hydrogen-bond donors (Lipinski definition) is 1. The van der Waals surface area contributed by atoms with E-state index in [0.29, 0.717) is 12.2 Å². The molecule has 1 aromatic rings. The number of hydrogen-bond acceptors (Lipinski definition) is 1. The summed E-state index contributed by atoms with van der Waals surface area (Å²) >= 11 is 0. The lowest BCUT2D eigenvalue weighted by Crippen LogP contribution is -1.99. The summed E-state index contributed by atoms with van der Waals surface area (Å²) in [5.41, 5.74) is 3.30. The highest BCUT2D eigenvalue weighted by molar-refractivity contribution is 5.75. The zero-order valence-electron chi connectivity index (χ0n) is 10.2. The van der Waals surface area contributed by atoms with Crippen LogP contribution in [-0.4, -0.2) is 22.5 Å². The molecule has 1 nitrogen and oxygen atoms in total. The van der Waals surface area contributed by atoms with Gasteiger partial charge in [0.05, 0.1) is 0 Å². The maximum Gasteiger partial charge on any atom is 0.119 e. The van der Waals surface area contributed by atoms with Gasteiger partial charge in [0, 0.05) is 22.9 Å². The summed E-state index contributed by atoms with van der Waals surface area (Å²) in [5, 5.41) is 9.83. The highest BCUT2D eigenvalue weighted by Gasteiger charge is 2.09.